The Hall–Kier alpha value is -1.47. The highest BCUT2D eigenvalue weighted by Crippen LogP contribution is 2.33. The van der Waals surface area contributed by atoms with E-state index >= 15 is 0 Å². The summed E-state index contributed by atoms with van der Waals surface area (Å²) in [5.41, 5.74) is -0.737. The molecule has 0 bridgehead atoms. The average Bonchev–Trinajstić information content (AvgIpc) is 2.35. The number of halogens is 4. The fourth-order valence-electron chi connectivity index (χ4n) is 1.39. The van der Waals surface area contributed by atoms with E-state index in [9.17, 15) is 18.0 Å². The Bertz CT molecular complexity index is 467. The third-order valence-electron chi connectivity index (χ3n) is 2.31. The van der Waals surface area contributed by atoms with Gasteiger partial charge in [-0.25, -0.2) is 0 Å². The van der Waals surface area contributed by atoms with Crippen LogP contribution in [0.2, 0.25) is 5.02 Å². The molecule has 0 aliphatic carbocycles. The molecule has 112 valence electrons. The first-order chi connectivity index (χ1) is 9.32. The molecule has 0 aromatic heterocycles. The lowest BCUT2D eigenvalue weighted by Crippen LogP contribution is -2.32. The van der Waals surface area contributed by atoms with E-state index in [1.165, 1.54) is 13.2 Å². The number of nitrogens with one attached hydrogen (secondary N) is 2. The van der Waals surface area contributed by atoms with Gasteiger partial charge in [0.25, 0.3) is 0 Å². The Balaban J connectivity index is 2.60. The van der Waals surface area contributed by atoms with E-state index in [0.717, 1.165) is 12.1 Å². The fourth-order valence-corrected chi connectivity index (χ4v) is 1.63. The predicted octanol–water partition coefficient (Wildman–Crippen LogP) is 2.53. The molecule has 0 fully saturated rings. The summed E-state index contributed by atoms with van der Waals surface area (Å²) >= 11 is 5.62. The minimum absolute atomic E-state index is 0.0536. The number of alkyl halides is 3. The van der Waals surface area contributed by atoms with Crippen molar-refractivity contribution in [3.05, 3.63) is 28.8 Å². The number of amides is 1. The van der Waals surface area contributed by atoms with Crippen molar-refractivity contribution in [3.63, 3.8) is 0 Å². The summed E-state index contributed by atoms with van der Waals surface area (Å²) in [4.78, 5) is 11.4. The number of carbonyl (C=O) groups is 1. The van der Waals surface area contributed by atoms with Crippen molar-refractivity contribution in [1.29, 1.82) is 0 Å². The van der Waals surface area contributed by atoms with Gasteiger partial charge in [0.2, 0.25) is 5.91 Å². The summed E-state index contributed by atoms with van der Waals surface area (Å²) in [6.07, 6.45) is -4.48. The molecule has 0 aliphatic heterocycles. The Labute approximate surface area is 119 Å². The molecule has 20 heavy (non-hydrogen) atoms. The lowest BCUT2D eigenvalue weighted by atomic mass is 10.2. The summed E-state index contributed by atoms with van der Waals surface area (Å²) in [5.74, 6) is -0.351. The van der Waals surface area contributed by atoms with Crippen molar-refractivity contribution in [1.82, 2.24) is 5.32 Å². The van der Waals surface area contributed by atoms with Gasteiger partial charge in [-0.05, 0) is 18.2 Å². The number of anilines is 1. The van der Waals surface area contributed by atoms with Crippen LogP contribution >= 0.6 is 11.6 Å². The molecule has 0 aliphatic rings. The van der Waals surface area contributed by atoms with Crippen molar-refractivity contribution in [3.8, 4) is 0 Å². The van der Waals surface area contributed by atoms with Crippen molar-refractivity contribution >= 4 is 23.2 Å². The molecule has 0 heterocycles. The molecular weight excluding hydrogens is 297 g/mol. The molecule has 2 N–H and O–H groups in total. The average molecular weight is 311 g/mol. The van der Waals surface area contributed by atoms with Gasteiger partial charge in [-0.15, -0.1) is 0 Å². The number of hydrogen-bond donors (Lipinski definition) is 2. The Kier molecular flexibility index (Phi) is 6.09. The molecule has 1 amide bonds. The zero-order valence-corrected chi connectivity index (χ0v) is 11.4. The topological polar surface area (TPSA) is 50.4 Å². The van der Waals surface area contributed by atoms with Crippen LogP contribution in [0.5, 0.6) is 0 Å². The summed E-state index contributed by atoms with van der Waals surface area (Å²) in [7, 11) is 1.50. The maximum absolute atomic E-state index is 12.6. The minimum atomic E-state index is -4.48. The van der Waals surface area contributed by atoms with Gasteiger partial charge in [0, 0.05) is 24.4 Å². The zero-order chi connectivity index (χ0) is 15.2. The van der Waals surface area contributed by atoms with Gasteiger partial charge >= 0.3 is 6.18 Å². The maximum Gasteiger partial charge on any atom is 0.416 e. The van der Waals surface area contributed by atoms with Gasteiger partial charge in [-0.2, -0.15) is 13.2 Å². The summed E-state index contributed by atoms with van der Waals surface area (Å²) in [6, 6.07) is 3.04. The van der Waals surface area contributed by atoms with Gasteiger partial charge in [0.1, 0.15) is 0 Å². The van der Waals surface area contributed by atoms with Gasteiger partial charge in [0.15, 0.2) is 0 Å². The number of carbonyl (C=O) groups excluding carboxylic acids is 1. The second-order valence-corrected chi connectivity index (χ2v) is 4.36. The summed E-state index contributed by atoms with van der Waals surface area (Å²) < 4.78 is 42.5. The van der Waals surface area contributed by atoms with Crippen LogP contribution in [0.4, 0.5) is 18.9 Å². The highest BCUT2D eigenvalue weighted by Gasteiger charge is 2.31. The highest BCUT2D eigenvalue weighted by molar-refractivity contribution is 6.30. The first-order valence-electron chi connectivity index (χ1n) is 5.70. The van der Waals surface area contributed by atoms with E-state index in [0.29, 0.717) is 13.2 Å². The first kappa shape index (κ1) is 16.6. The van der Waals surface area contributed by atoms with E-state index in [2.05, 4.69) is 10.6 Å². The summed E-state index contributed by atoms with van der Waals surface area (Å²) in [6.45, 7) is 0.544. The molecule has 0 saturated carbocycles. The number of benzene rings is 1. The Morgan fingerprint density at radius 1 is 1.35 bits per heavy atom. The lowest BCUT2D eigenvalue weighted by Gasteiger charge is -2.11. The van der Waals surface area contributed by atoms with E-state index in [1.807, 2.05) is 0 Å². The van der Waals surface area contributed by atoms with Crippen LogP contribution < -0.4 is 10.6 Å². The van der Waals surface area contributed by atoms with Crippen LogP contribution in [0.15, 0.2) is 18.2 Å². The third kappa shape index (κ3) is 5.66. The second kappa shape index (κ2) is 7.35. The number of rotatable bonds is 6. The van der Waals surface area contributed by atoms with Gasteiger partial charge in [-0.3, -0.25) is 4.79 Å². The molecule has 0 atom stereocenters. The zero-order valence-electron chi connectivity index (χ0n) is 10.7. The SMILES string of the molecule is COCCNC(=O)CNc1cc(Cl)cc(C(F)(F)F)c1. The predicted molar refractivity (Wildman–Crippen MR) is 69.8 cm³/mol. The number of methoxy groups -OCH3 is 1. The monoisotopic (exact) mass is 310 g/mol. The smallest absolute Gasteiger partial charge is 0.383 e. The standard InChI is InChI=1S/C12H14ClF3N2O2/c1-20-3-2-17-11(19)7-18-10-5-8(12(14,15)16)4-9(13)6-10/h4-6,18H,2-3,7H2,1H3,(H,17,19). The molecule has 1 aromatic rings. The molecule has 0 unspecified atom stereocenters. The largest absolute Gasteiger partial charge is 0.416 e. The van der Waals surface area contributed by atoms with Crippen LogP contribution in [0, 0.1) is 0 Å². The van der Waals surface area contributed by atoms with Crippen LogP contribution in [0.25, 0.3) is 0 Å². The Morgan fingerprint density at radius 2 is 2.05 bits per heavy atom. The minimum Gasteiger partial charge on any atom is -0.383 e. The number of ether oxygens (including phenoxy) is 1. The normalized spacial score (nSPS) is 11.2. The van der Waals surface area contributed by atoms with Crippen LogP contribution in [-0.2, 0) is 15.7 Å². The lowest BCUT2D eigenvalue weighted by molar-refractivity contribution is -0.137. The van der Waals surface area contributed by atoms with Crippen LogP contribution in [0.3, 0.4) is 0 Å². The highest BCUT2D eigenvalue weighted by atomic mass is 35.5. The second-order valence-electron chi connectivity index (χ2n) is 3.92. The van der Waals surface area contributed by atoms with Crippen LogP contribution in [0.1, 0.15) is 5.56 Å². The van der Waals surface area contributed by atoms with Gasteiger partial charge in [-0.1, -0.05) is 11.6 Å². The van der Waals surface area contributed by atoms with Gasteiger partial charge < -0.3 is 15.4 Å². The fraction of sp³-hybridized carbons (Fsp3) is 0.417. The van der Waals surface area contributed by atoms with Crippen molar-refractivity contribution in [2.45, 2.75) is 6.18 Å². The number of hydrogen-bond acceptors (Lipinski definition) is 3. The molecule has 1 aromatic carbocycles. The van der Waals surface area contributed by atoms with E-state index in [1.54, 1.807) is 0 Å². The van der Waals surface area contributed by atoms with Gasteiger partial charge in [0.05, 0.1) is 18.7 Å². The maximum atomic E-state index is 12.6. The molecular formula is C12H14ClF3N2O2. The van der Waals surface area contributed by atoms with Crippen molar-refractivity contribution < 1.29 is 22.7 Å². The summed E-state index contributed by atoms with van der Waals surface area (Å²) in [5, 5.41) is 5.07. The molecule has 1 rings (SSSR count). The molecule has 8 heteroatoms. The molecule has 4 nitrogen and oxygen atoms in total. The molecule has 0 saturated heterocycles. The quantitative estimate of drug-likeness (QED) is 0.794. The van der Waals surface area contributed by atoms with E-state index < -0.39 is 11.7 Å². The van der Waals surface area contributed by atoms with E-state index in [4.69, 9.17) is 16.3 Å². The van der Waals surface area contributed by atoms with Crippen LogP contribution in [-0.4, -0.2) is 32.7 Å². The van der Waals surface area contributed by atoms with E-state index in [-0.39, 0.29) is 23.2 Å². The first-order valence-corrected chi connectivity index (χ1v) is 6.08. The van der Waals surface area contributed by atoms with Crippen molar-refractivity contribution in [2.75, 3.05) is 32.1 Å². The third-order valence-corrected chi connectivity index (χ3v) is 2.52. The van der Waals surface area contributed by atoms with Crippen molar-refractivity contribution in [2.24, 2.45) is 0 Å². The molecule has 0 radical (unpaired) electrons. The Morgan fingerprint density at radius 3 is 2.65 bits per heavy atom. The molecule has 0 spiro atoms.